The highest BCUT2D eigenvalue weighted by atomic mass is 35.5. The van der Waals surface area contributed by atoms with Crippen molar-refractivity contribution >= 4 is 29.5 Å². The Morgan fingerprint density at radius 1 is 1.21 bits per heavy atom. The Morgan fingerprint density at radius 2 is 2.04 bits per heavy atom. The van der Waals surface area contributed by atoms with Crippen molar-refractivity contribution in [2.45, 2.75) is 18.6 Å². The molecular weight excluding hydrogens is 384 g/mol. The molecule has 144 valence electrons. The molecule has 2 heterocycles. The fourth-order valence-corrected chi connectivity index (χ4v) is 3.69. The van der Waals surface area contributed by atoms with Crippen molar-refractivity contribution in [1.29, 1.82) is 0 Å². The molecule has 28 heavy (non-hydrogen) atoms. The molecule has 2 aromatic rings. The van der Waals surface area contributed by atoms with Crippen LogP contribution in [0.25, 0.3) is 0 Å². The molecule has 0 radical (unpaired) electrons. The number of esters is 1. The zero-order valence-corrected chi connectivity index (χ0v) is 15.6. The summed E-state index contributed by atoms with van der Waals surface area (Å²) in [4.78, 5) is 38.6. The van der Waals surface area contributed by atoms with Crippen molar-refractivity contribution in [1.82, 2.24) is 10.2 Å². The van der Waals surface area contributed by atoms with Gasteiger partial charge in [-0.3, -0.25) is 14.5 Å². The lowest BCUT2D eigenvalue weighted by Crippen LogP contribution is -2.47. The van der Waals surface area contributed by atoms with E-state index in [1.807, 2.05) is 0 Å². The molecule has 1 spiro atoms. The number of ether oxygens (including phenoxy) is 2. The molecule has 0 aliphatic carbocycles. The van der Waals surface area contributed by atoms with Gasteiger partial charge in [0.25, 0.3) is 5.91 Å². The molecule has 1 fully saturated rings. The lowest BCUT2D eigenvalue weighted by molar-refractivity contribution is -0.149. The molecule has 2 aliphatic heterocycles. The normalized spacial score (nSPS) is 20.5. The molecule has 3 amide bonds. The number of para-hydroxylation sites is 1. The summed E-state index contributed by atoms with van der Waals surface area (Å²) in [6.45, 7) is -0.170. The van der Waals surface area contributed by atoms with E-state index in [1.54, 1.807) is 48.5 Å². The summed E-state index contributed by atoms with van der Waals surface area (Å²) in [6.07, 6.45) is 0.294. The fraction of sp³-hybridized carbons (Fsp3) is 0.250. The summed E-state index contributed by atoms with van der Waals surface area (Å²) >= 11 is 5.90. The van der Waals surface area contributed by atoms with Crippen LogP contribution in [0.4, 0.5) is 4.79 Å². The minimum Gasteiger partial charge on any atom is -0.493 e. The van der Waals surface area contributed by atoms with E-state index in [0.29, 0.717) is 28.3 Å². The highest BCUT2D eigenvalue weighted by Crippen LogP contribution is 2.40. The molecular formula is C20H17ClN2O5. The van der Waals surface area contributed by atoms with Gasteiger partial charge in [0.1, 0.15) is 18.9 Å². The Labute approximate surface area is 166 Å². The molecule has 0 bridgehead atoms. The van der Waals surface area contributed by atoms with Gasteiger partial charge in [-0.15, -0.1) is 0 Å². The van der Waals surface area contributed by atoms with Crippen molar-refractivity contribution in [3.63, 3.8) is 0 Å². The Morgan fingerprint density at radius 3 is 2.86 bits per heavy atom. The third kappa shape index (κ3) is 3.18. The molecule has 1 saturated heterocycles. The van der Waals surface area contributed by atoms with Crippen LogP contribution in [-0.2, 0) is 26.5 Å². The molecule has 4 rings (SSSR count). The Kier molecular flexibility index (Phi) is 4.68. The molecule has 8 heteroatoms. The minimum absolute atomic E-state index is 0.00482. The zero-order chi connectivity index (χ0) is 19.7. The Balaban J connectivity index is 1.47. The van der Waals surface area contributed by atoms with Crippen molar-refractivity contribution in [3.8, 4) is 5.75 Å². The second kappa shape index (κ2) is 7.16. The van der Waals surface area contributed by atoms with Crippen molar-refractivity contribution in [2.24, 2.45) is 0 Å². The number of carbonyl (C=O) groups is 3. The SMILES string of the molecule is O=C(CN1C(=O)N[C@]2(CCOc3ccccc32)C1=O)OCc1cccc(Cl)c1. The van der Waals surface area contributed by atoms with E-state index in [9.17, 15) is 14.4 Å². The first-order valence-corrected chi connectivity index (χ1v) is 9.14. The molecule has 7 nitrogen and oxygen atoms in total. The number of hydrogen-bond acceptors (Lipinski definition) is 5. The molecule has 2 aliphatic rings. The number of halogens is 1. The quantitative estimate of drug-likeness (QED) is 0.630. The number of fused-ring (bicyclic) bond motifs is 2. The number of hydrogen-bond donors (Lipinski definition) is 1. The van der Waals surface area contributed by atoms with Crippen molar-refractivity contribution in [3.05, 3.63) is 64.7 Å². The summed E-state index contributed by atoms with van der Waals surface area (Å²) in [5.74, 6) is -0.610. The lowest BCUT2D eigenvalue weighted by Gasteiger charge is -2.33. The van der Waals surface area contributed by atoms with Crippen LogP contribution < -0.4 is 10.1 Å². The predicted molar refractivity (Wildman–Crippen MR) is 99.7 cm³/mol. The highest BCUT2D eigenvalue weighted by molar-refractivity contribution is 6.30. The summed E-state index contributed by atoms with van der Waals surface area (Å²) in [7, 11) is 0. The van der Waals surface area contributed by atoms with Gasteiger partial charge in [0.2, 0.25) is 0 Å². The summed E-state index contributed by atoms with van der Waals surface area (Å²) in [6, 6.07) is 13.3. The van der Waals surface area contributed by atoms with E-state index < -0.39 is 30.0 Å². The Hall–Kier alpha value is -3.06. The van der Waals surface area contributed by atoms with Crippen LogP contribution in [0.2, 0.25) is 5.02 Å². The van der Waals surface area contributed by atoms with Gasteiger partial charge in [-0.25, -0.2) is 4.79 Å². The van der Waals surface area contributed by atoms with Crippen LogP contribution in [0.15, 0.2) is 48.5 Å². The second-order valence-corrected chi connectivity index (χ2v) is 7.05. The van der Waals surface area contributed by atoms with Gasteiger partial charge in [0, 0.05) is 17.0 Å². The number of nitrogens with zero attached hydrogens (tertiary/aromatic N) is 1. The number of rotatable bonds is 4. The third-order valence-electron chi connectivity index (χ3n) is 4.83. The van der Waals surface area contributed by atoms with E-state index >= 15 is 0 Å². The molecule has 0 aromatic heterocycles. The van der Waals surface area contributed by atoms with E-state index in [-0.39, 0.29) is 13.2 Å². The molecule has 0 unspecified atom stereocenters. The van der Waals surface area contributed by atoms with Gasteiger partial charge in [-0.2, -0.15) is 0 Å². The van der Waals surface area contributed by atoms with Gasteiger partial charge in [-0.1, -0.05) is 41.9 Å². The van der Waals surface area contributed by atoms with Crippen LogP contribution in [0.5, 0.6) is 5.75 Å². The van der Waals surface area contributed by atoms with Gasteiger partial charge in [-0.05, 0) is 23.8 Å². The maximum Gasteiger partial charge on any atom is 0.326 e. The standard InChI is InChI=1S/C20H17ClN2O5/c21-14-5-3-4-13(10-14)12-28-17(24)11-23-18(25)20(22-19(23)26)8-9-27-16-7-2-1-6-15(16)20/h1-7,10H,8-9,11-12H2,(H,22,26)/t20-/m0/s1. The number of carbonyl (C=O) groups excluding carboxylic acids is 3. The fourth-order valence-electron chi connectivity index (χ4n) is 3.48. The highest BCUT2D eigenvalue weighted by Gasteiger charge is 2.55. The van der Waals surface area contributed by atoms with Gasteiger partial charge < -0.3 is 14.8 Å². The maximum atomic E-state index is 13.1. The van der Waals surface area contributed by atoms with Gasteiger partial charge >= 0.3 is 12.0 Å². The molecule has 1 N–H and O–H groups in total. The number of urea groups is 1. The number of benzene rings is 2. The molecule has 0 saturated carbocycles. The first kappa shape index (κ1) is 18.3. The number of imide groups is 1. The van der Waals surface area contributed by atoms with E-state index in [1.165, 1.54) is 0 Å². The Bertz CT molecular complexity index is 963. The average molecular weight is 401 g/mol. The maximum absolute atomic E-state index is 13.1. The molecule has 1 atom stereocenters. The van der Waals surface area contributed by atoms with Crippen LogP contribution in [0.3, 0.4) is 0 Å². The van der Waals surface area contributed by atoms with E-state index in [2.05, 4.69) is 5.32 Å². The van der Waals surface area contributed by atoms with Crippen molar-refractivity contribution < 1.29 is 23.9 Å². The predicted octanol–water partition coefficient (Wildman–Crippen LogP) is 2.61. The third-order valence-corrected chi connectivity index (χ3v) is 5.07. The zero-order valence-electron chi connectivity index (χ0n) is 14.8. The van der Waals surface area contributed by atoms with Crippen LogP contribution in [0.1, 0.15) is 17.5 Å². The number of nitrogens with one attached hydrogen (secondary N) is 1. The first-order valence-electron chi connectivity index (χ1n) is 8.76. The topological polar surface area (TPSA) is 84.9 Å². The first-order chi connectivity index (χ1) is 13.5. The minimum atomic E-state index is -1.21. The monoisotopic (exact) mass is 400 g/mol. The largest absolute Gasteiger partial charge is 0.493 e. The smallest absolute Gasteiger partial charge is 0.326 e. The number of amides is 3. The van der Waals surface area contributed by atoms with Crippen LogP contribution in [0, 0.1) is 0 Å². The van der Waals surface area contributed by atoms with Gasteiger partial charge in [0.15, 0.2) is 5.54 Å². The second-order valence-electron chi connectivity index (χ2n) is 6.61. The van der Waals surface area contributed by atoms with E-state index in [4.69, 9.17) is 21.1 Å². The molecule has 2 aromatic carbocycles. The van der Waals surface area contributed by atoms with Gasteiger partial charge in [0.05, 0.1) is 6.61 Å². The van der Waals surface area contributed by atoms with Crippen LogP contribution >= 0.6 is 11.6 Å². The van der Waals surface area contributed by atoms with Crippen LogP contribution in [-0.4, -0.2) is 36.0 Å². The summed E-state index contributed by atoms with van der Waals surface area (Å²) in [5.41, 5.74) is 0.0985. The lowest BCUT2D eigenvalue weighted by atomic mass is 9.84. The summed E-state index contributed by atoms with van der Waals surface area (Å²) in [5, 5.41) is 3.27. The average Bonchev–Trinajstić information content (AvgIpc) is 2.92. The van der Waals surface area contributed by atoms with Crippen molar-refractivity contribution in [2.75, 3.05) is 13.2 Å². The summed E-state index contributed by atoms with van der Waals surface area (Å²) < 4.78 is 10.8. The van der Waals surface area contributed by atoms with E-state index in [0.717, 1.165) is 4.90 Å².